The summed E-state index contributed by atoms with van der Waals surface area (Å²) in [6.07, 6.45) is -4.43. The van der Waals surface area contributed by atoms with Gasteiger partial charge in [-0.2, -0.15) is 13.2 Å². The molecule has 0 saturated heterocycles. The van der Waals surface area contributed by atoms with Gasteiger partial charge in [0.15, 0.2) is 0 Å². The zero-order valence-electron chi connectivity index (χ0n) is 16.9. The largest absolute Gasteiger partial charge is 0.495 e. The summed E-state index contributed by atoms with van der Waals surface area (Å²) in [5.41, 5.74) is 0.620. The normalized spacial score (nSPS) is 11.0. The SMILES string of the molecule is COc1ccccc1NC(=O)c1ccc(NC(=O)CSc2cccc(C(F)(F)F)c2)cc1. The number of thioether (sulfide) groups is 1. The molecule has 0 aliphatic heterocycles. The van der Waals surface area contributed by atoms with Gasteiger partial charge >= 0.3 is 6.18 Å². The van der Waals surface area contributed by atoms with Crippen LogP contribution in [-0.2, 0) is 11.0 Å². The Morgan fingerprint density at radius 3 is 2.34 bits per heavy atom. The van der Waals surface area contributed by atoms with Crippen LogP contribution in [0, 0.1) is 0 Å². The van der Waals surface area contributed by atoms with E-state index in [0.29, 0.717) is 27.6 Å². The van der Waals surface area contributed by atoms with Crippen LogP contribution in [0.1, 0.15) is 15.9 Å². The molecule has 0 unspecified atom stereocenters. The Labute approximate surface area is 187 Å². The summed E-state index contributed by atoms with van der Waals surface area (Å²) in [7, 11) is 1.51. The number of halogens is 3. The number of rotatable bonds is 7. The Bertz CT molecular complexity index is 1100. The van der Waals surface area contributed by atoms with E-state index in [4.69, 9.17) is 4.74 Å². The first-order valence-electron chi connectivity index (χ1n) is 9.40. The minimum Gasteiger partial charge on any atom is -0.495 e. The number of methoxy groups -OCH3 is 1. The molecule has 0 bridgehead atoms. The third kappa shape index (κ3) is 6.27. The Hall–Kier alpha value is -3.46. The number of benzene rings is 3. The van der Waals surface area contributed by atoms with Crippen molar-refractivity contribution in [3.8, 4) is 5.75 Å². The lowest BCUT2D eigenvalue weighted by Gasteiger charge is -2.11. The second-order valence-corrected chi connectivity index (χ2v) is 7.64. The summed E-state index contributed by atoms with van der Waals surface area (Å²) < 4.78 is 43.5. The van der Waals surface area contributed by atoms with Gasteiger partial charge in [-0.25, -0.2) is 0 Å². The summed E-state index contributed by atoms with van der Waals surface area (Å²) >= 11 is 1.00. The smallest absolute Gasteiger partial charge is 0.416 e. The Kier molecular flexibility index (Phi) is 7.42. The lowest BCUT2D eigenvalue weighted by molar-refractivity contribution is -0.137. The first kappa shape index (κ1) is 23.2. The average molecular weight is 460 g/mol. The minimum atomic E-state index is -4.43. The molecule has 0 saturated carbocycles. The molecule has 0 fully saturated rings. The van der Waals surface area contributed by atoms with Crippen molar-refractivity contribution in [2.75, 3.05) is 23.5 Å². The van der Waals surface area contributed by atoms with E-state index in [-0.39, 0.29) is 17.6 Å². The van der Waals surface area contributed by atoms with Gasteiger partial charge in [-0.05, 0) is 54.6 Å². The maximum atomic E-state index is 12.8. The van der Waals surface area contributed by atoms with Gasteiger partial charge in [0.2, 0.25) is 5.91 Å². The zero-order chi connectivity index (χ0) is 23.1. The van der Waals surface area contributed by atoms with Gasteiger partial charge in [0.25, 0.3) is 5.91 Å². The van der Waals surface area contributed by atoms with Gasteiger partial charge in [0, 0.05) is 16.1 Å². The van der Waals surface area contributed by atoms with E-state index in [1.54, 1.807) is 48.5 Å². The summed E-state index contributed by atoms with van der Waals surface area (Å²) in [4.78, 5) is 24.9. The molecule has 0 spiro atoms. The van der Waals surface area contributed by atoms with Crippen LogP contribution in [0.5, 0.6) is 5.75 Å². The topological polar surface area (TPSA) is 67.4 Å². The molecule has 0 radical (unpaired) electrons. The molecular weight excluding hydrogens is 441 g/mol. The lowest BCUT2D eigenvalue weighted by atomic mass is 10.2. The predicted molar refractivity (Wildman–Crippen MR) is 118 cm³/mol. The van der Waals surface area contributed by atoms with E-state index in [9.17, 15) is 22.8 Å². The van der Waals surface area contributed by atoms with Crippen molar-refractivity contribution in [2.24, 2.45) is 0 Å². The molecular formula is C23H19F3N2O3S. The highest BCUT2D eigenvalue weighted by Crippen LogP contribution is 2.32. The molecule has 0 aromatic heterocycles. The van der Waals surface area contributed by atoms with Gasteiger partial charge in [0.05, 0.1) is 24.1 Å². The monoisotopic (exact) mass is 460 g/mol. The molecule has 166 valence electrons. The van der Waals surface area contributed by atoms with E-state index in [2.05, 4.69) is 10.6 Å². The number of para-hydroxylation sites is 2. The summed E-state index contributed by atoms with van der Waals surface area (Å²) in [5.74, 6) is -0.244. The Morgan fingerprint density at radius 2 is 1.66 bits per heavy atom. The third-order valence-electron chi connectivity index (χ3n) is 4.32. The Balaban J connectivity index is 1.55. The second-order valence-electron chi connectivity index (χ2n) is 6.59. The molecule has 2 amide bonds. The highest BCUT2D eigenvalue weighted by molar-refractivity contribution is 8.00. The molecule has 0 aliphatic rings. The number of carbonyl (C=O) groups excluding carboxylic acids is 2. The molecule has 32 heavy (non-hydrogen) atoms. The van der Waals surface area contributed by atoms with E-state index < -0.39 is 11.7 Å². The number of amides is 2. The third-order valence-corrected chi connectivity index (χ3v) is 5.31. The number of carbonyl (C=O) groups is 2. The molecule has 3 aromatic rings. The number of hydrogen-bond acceptors (Lipinski definition) is 4. The van der Waals surface area contributed by atoms with Crippen LogP contribution in [0.3, 0.4) is 0 Å². The number of ether oxygens (including phenoxy) is 1. The molecule has 9 heteroatoms. The maximum absolute atomic E-state index is 12.8. The first-order valence-corrected chi connectivity index (χ1v) is 10.4. The van der Waals surface area contributed by atoms with Gasteiger partial charge in [-0.3, -0.25) is 9.59 Å². The predicted octanol–water partition coefficient (Wildman–Crippen LogP) is 5.70. The number of hydrogen-bond donors (Lipinski definition) is 2. The quantitative estimate of drug-likeness (QED) is 0.444. The van der Waals surface area contributed by atoms with Crippen LogP contribution in [0.4, 0.5) is 24.5 Å². The van der Waals surface area contributed by atoms with Gasteiger partial charge < -0.3 is 15.4 Å². The highest BCUT2D eigenvalue weighted by atomic mass is 32.2. The van der Waals surface area contributed by atoms with Gasteiger partial charge in [0.1, 0.15) is 5.75 Å². The number of alkyl halides is 3. The fourth-order valence-electron chi connectivity index (χ4n) is 2.76. The maximum Gasteiger partial charge on any atom is 0.416 e. The lowest BCUT2D eigenvalue weighted by Crippen LogP contribution is -2.15. The van der Waals surface area contributed by atoms with Crippen LogP contribution in [-0.4, -0.2) is 24.7 Å². The van der Waals surface area contributed by atoms with E-state index >= 15 is 0 Å². The van der Waals surface area contributed by atoms with Crippen molar-refractivity contribution in [1.82, 2.24) is 0 Å². The van der Waals surface area contributed by atoms with Gasteiger partial charge in [-0.15, -0.1) is 11.8 Å². The summed E-state index contributed by atoms with van der Waals surface area (Å²) in [6, 6.07) is 18.1. The highest BCUT2D eigenvalue weighted by Gasteiger charge is 2.30. The number of anilines is 2. The van der Waals surface area contributed by atoms with Gasteiger partial charge in [-0.1, -0.05) is 18.2 Å². The zero-order valence-corrected chi connectivity index (χ0v) is 17.7. The number of nitrogens with one attached hydrogen (secondary N) is 2. The summed E-state index contributed by atoms with van der Waals surface area (Å²) in [6.45, 7) is 0. The Morgan fingerprint density at radius 1 is 0.938 bits per heavy atom. The van der Waals surface area contributed by atoms with Crippen molar-refractivity contribution < 1.29 is 27.5 Å². The molecule has 0 aliphatic carbocycles. The molecule has 0 heterocycles. The molecule has 3 rings (SSSR count). The van der Waals surface area contributed by atoms with Crippen LogP contribution >= 0.6 is 11.8 Å². The van der Waals surface area contributed by atoms with E-state index in [1.165, 1.54) is 19.2 Å². The summed E-state index contributed by atoms with van der Waals surface area (Å²) in [5, 5.41) is 5.41. The molecule has 3 aromatic carbocycles. The van der Waals surface area contributed by atoms with Crippen LogP contribution in [0.25, 0.3) is 0 Å². The second kappa shape index (κ2) is 10.2. The van der Waals surface area contributed by atoms with E-state index in [0.717, 1.165) is 23.9 Å². The first-order chi connectivity index (χ1) is 15.3. The standard InChI is InChI=1S/C23H19F3N2O3S/c1-31-20-8-3-2-7-19(20)28-22(30)15-9-11-17(12-10-15)27-21(29)14-32-18-6-4-5-16(13-18)23(24,25)26/h2-13H,14H2,1H3,(H,27,29)(H,28,30). The average Bonchev–Trinajstić information content (AvgIpc) is 2.78. The van der Waals surface area contributed by atoms with Crippen LogP contribution in [0.2, 0.25) is 0 Å². The van der Waals surface area contributed by atoms with Crippen molar-refractivity contribution >= 4 is 35.0 Å². The fourth-order valence-corrected chi connectivity index (χ4v) is 3.51. The van der Waals surface area contributed by atoms with E-state index in [1.807, 2.05) is 0 Å². The minimum absolute atomic E-state index is 0.0582. The molecule has 5 nitrogen and oxygen atoms in total. The van der Waals surface area contributed by atoms with Crippen LogP contribution in [0.15, 0.2) is 77.7 Å². The van der Waals surface area contributed by atoms with Crippen molar-refractivity contribution in [3.63, 3.8) is 0 Å². The van der Waals surface area contributed by atoms with Crippen molar-refractivity contribution in [3.05, 3.63) is 83.9 Å². The van der Waals surface area contributed by atoms with Crippen molar-refractivity contribution in [2.45, 2.75) is 11.1 Å². The van der Waals surface area contributed by atoms with Crippen LogP contribution < -0.4 is 15.4 Å². The van der Waals surface area contributed by atoms with Crippen molar-refractivity contribution in [1.29, 1.82) is 0 Å². The molecule has 0 atom stereocenters. The fraction of sp³-hybridized carbons (Fsp3) is 0.130. The molecule has 2 N–H and O–H groups in total.